The van der Waals surface area contributed by atoms with Gasteiger partial charge in [0.25, 0.3) is 0 Å². The standard InChI is InChI=1S/C40H47B2O6/c1-37(2,3)27-9-13-29(14-10-27)39(44-7)35-25-31(41-46-22-21-43)17-19-33(35)34-20-18-32(42-47-23-24-48-42)26-36(34)40(39,45-8)30-15-11-28(12-16-30)38(4,5)6/h9-20,25-26,43H,21-24H2,1-8H3. The summed E-state index contributed by atoms with van der Waals surface area (Å²) < 4.78 is 31.7. The smallest absolute Gasteiger partial charge is 0.432 e. The van der Waals surface area contributed by atoms with Gasteiger partial charge in [0.1, 0.15) is 0 Å². The van der Waals surface area contributed by atoms with Crippen LogP contribution in [0.25, 0.3) is 11.1 Å². The maximum atomic E-state index is 9.39. The van der Waals surface area contributed by atoms with E-state index in [2.05, 4.69) is 120 Å². The lowest BCUT2D eigenvalue weighted by Crippen LogP contribution is -2.56. The molecule has 1 saturated heterocycles. The van der Waals surface area contributed by atoms with E-state index in [0.29, 0.717) is 13.2 Å². The number of hydrogen-bond donors (Lipinski definition) is 1. The Morgan fingerprint density at radius 2 is 1.17 bits per heavy atom. The second-order valence-electron chi connectivity index (χ2n) is 14.8. The summed E-state index contributed by atoms with van der Waals surface area (Å²) in [6.45, 7) is 14.6. The fraction of sp³-hybridized carbons (Fsp3) is 0.400. The summed E-state index contributed by atoms with van der Waals surface area (Å²) in [5, 5.41) is 9.39. The van der Waals surface area contributed by atoms with Crippen molar-refractivity contribution in [1.82, 2.24) is 0 Å². The average molecular weight is 645 g/mol. The molecular formula is C40H47B2O6. The van der Waals surface area contributed by atoms with E-state index < -0.39 is 18.3 Å². The number of benzene rings is 4. The quantitative estimate of drug-likeness (QED) is 0.185. The number of hydrogen-bond acceptors (Lipinski definition) is 6. The van der Waals surface area contributed by atoms with Crippen LogP contribution in [-0.2, 0) is 45.5 Å². The molecule has 249 valence electrons. The summed E-state index contributed by atoms with van der Waals surface area (Å²) in [6.07, 6.45) is 0. The number of methoxy groups -OCH3 is 2. The van der Waals surface area contributed by atoms with Crippen molar-refractivity contribution < 1.29 is 28.5 Å². The minimum Gasteiger partial charge on any atom is -0.432 e. The monoisotopic (exact) mass is 645 g/mol. The van der Waals surface area contributed by atoms with Crippen LogP contribution >= 0.6 is 0 Å². The van der Waals surface area contributed by atoms with E-state index >= 15 is 0 Å². The Morgan fingerprint density at radius 3 is 1.62 bits per heavy atom. The Bertz CT molecular complexity index is 1740. The molecule has 1 N–H and O–H groups in total. The highest BCUT2D eigenvalue weighted by molar-refractivity contribution is 6.61. The fourth-order valence-corrected chi connectivity index (χ4v) is 7.40. The third-order valence-electron chi connectivity index (χ3n) is 9.88. The first-order valence-corrected chi connectivity index (χ1v) is 16.8. The molecule has 6 rings (SSSR count). The molecule has 0 aromatic heterocycles. The van der Waals surface area contributed by atoms with Gasteiger partial charge < -0.3 is 28.5 Å². The van der Waals surface area contributed by atoms with Crippen LogP contribution in [0.5, 0.6) is 0 Å². The lowest BCUT2D eigenvalue weighted by Gasteiger charge is -2.54. The van der Waals surface area contributed by atoms with Gasteiger partial charge >= 0.3 is 14.6 Å². The van der Waals surface area contributed by atoms with Crippen LogP contribution in [0.3, 0.4) is 0 Å². The van der Waals surface area contributed by atoms with Crippen molar-refractivity contribution in [2.45, 2.75) is 63.6 Å². The summed E-state index contributed by atoms with van der Waals surface area (Å²) >= 11 is 0. The third-order valence-corrected chi connectivity index (χ3v) is 9.88. The highest BCUT2D eigenvalue weighted by Crippen LogP contribution is 2.60. The first kappa shape index (κ1) is 34.6. The van der Waals surface area contributed by atoms with Gasteiger partial charge in [-0.15, -0.1) is 0 Å². The third kappa shape index (κ3) is 5.77. The Morgan fingerprint density at radius 1 is 0.688 bits per heavy atom. The maximum absolute atomic E-state index is 9.39. The van der Waals surface area contributed by atoms with Gasteiger partial charge in [-0.25, -0.2) is 0 Å². The summed E-state index contributed by atoms with van der Waals surface area (Å²) in [4.78, 5) is 0. The number of rotatable bonds is 9. The van der Waals surface area contributed by atoms with E-state index in [1.54, 1.807) is 21.7 Å². The molecular weight excluding hydrogens is 598 g/mol. The second-order valence-corrected chi connectivity index (χ2v) is 14.8. The molecule has 2 unspecified atom stereocenters. The van der Waals surface area contributed by atoms with Crippen molar-refractivity contribution in [3.05, 3.63) is 118 Å². The van der Waals surface area contributed by atoms with Crippen LogP contribution in [0.15, 0.2) is 84.9 Å². The minimum atomic E-state index is -1.15. The number of ether oxygens (including phenoxy) is 2. The van der Waals surface area contributed by atoms with E-state index in [9.17, 15) is 5.11 Å². The molecule has 0 bridgehead atoms. The number of aliphatic hydroxyl groups is 1. The van der Waals surface area contributed by atoms with E-state index in [0.717, 1.165) is 44.3 Å². The van der Waals surface area contributed by atoms with Gasteiger partial charge in [-0.1, -0.05) is 132 Å². The molecule has 48 heavy (non-hydrogen) atoms. The molecule has 1 aliphatic carbocycles. The Labute approximate surface area is 287 Å². The number of fused-ring (bicyclic) bond motifs is 3. The normalized spacial score (nSPS) is 20.8. The van der Waals surface area contributed by atoms with E-state index in [1.807, 2.05) is 6.07 Å². The Kier molecular flexibility index (Phi) is 9.55. The van der Waals surface area contributed by atoms with Crippen molar-refractivity contribution in [2.24, 2.45) is 0 Å². The molecule has 2 atom stereocenters. The zero-order chi connectivity index (χ0) is 34.3. The number of aliphatic hydroxyl groups excluding tert-OH is 1. The summed E-state index contributed by atoms with van der Waals surface area (Å²) in [6, 6.07) is 30.3. The van der Waals surface area contributed by atoms with E-state index in [1.165, 1.54) is 11.1 Å². The van der Waals surface area contributed by atoms with E-state index in [-0.39, 0.29) is 24.0 Å². The highest BCUT2D eigenvalue weighted by Gasteiger charge is 2.61. The van der Waals surface area contributed by atoms with Crippen LogP contribution in [0.4, 0.5) is 0 Å². The van der Waals surface area contributed by atoms with Crippen LogP contribution in [-0.4, -0.2) is 60.4 Å². The largest absolute Gasteiger partial charge is 0.494 e. The van der Waals surface area contributed by atoms with Crippen LogP contribution in [0, 0.1) is 0 Å². The van der Waals surface area contributed by atoms with Crippen molar-refractivity contribution in [3.63, 3.8) is 0 Å². The van der Waals surface area contributed by atoms with Gasteiger partial charge in [0, 0.05) is 14.2 Å². The molecule has 0 amide bonds. The van der Waals surface area contributed by atoms with Crippen LogP contribution < -0.4 is 10.9 Å². The summed E-state index contributed by atoms with van der Waals surface area (Å²) in [7, 11) is 4.78. The van der Waals surface area contributed by atoms with Crippen molar-refractivity contribution in [3.8, 4) is 11.1 Å². The molecule has 0 spiro atoms. The first-order chi connectivity index (χ1) is 22.9. The van der Waals surface area contributed by atoms with Gasteiger partial charge in [-0.2, -0.15) is 0 Å². The molecule has 0 saturated carbocycles. The zero-order valence-corrected chi connectivity index (χ0v) is 29.6. The molecule has 1 radical (unpaired) electrons. The first-order valence-electron chi connectivity index (χ1n) is 16.8. The zero-order valence-electron chi connectivity index (χ0n) is 29.6. The van der Waals surface area contributed by atoms with Gasteiger partial charge in [0.15, 0.2) is 11.2 Å². The predicted octanol–water partition coefficient (Wildman–Crippen LogP) is 5.74. The second kappa shape index (κ2) is 13.2. The fourth-order valence-electron chi connectivity index (χ4n) is 7.40. The predicted molar refractivity (Wildman–Crippen MR) is 193 cm³/mol. The SMILES string of the molecule is COC1(c2ccc(C(C)(C)C)cc2)c2cc([B]OCCO)ccc2-c2ccc(B3OCCO3)cc2C1(OC)c1ccc(C(C)(C)C)cc1. The minimum absolute atomic E-state index is 0.0272. The van der Waals surface area contributed by atoms with Crippen LogP contribution in [0.2, 0.25) is 0 Å². The highest BCUT2D eigenvalue weighted by atomic mass is 16.6. The Hall–Kier alpha value is -3.23. The average Bonchev–Trinajstić information content (AvgIpc) is 3.62. The molecule has 4 aromatic carbocycles. The lowest BCUT2D eigenvalue weighted by molar-refractivity contribution is -0.154. The molecule has 1 aliphatic heterocycles. The molecule has 1 fully saturated rings. The topological polar surface area (TPSA) is 66.4 Å². The van der Waals surface area contributed by atoms with Gasteiger partial charge in [0.05, 0.1) is 26.4 Å². The van der Waals surface area contributed by atoms with Gasteiger partial charge in [-0.3, -0.25) is 0 Å². The molecule has 6 nitrogen and oxygen atoms in total. The van der Waals surface area contributed by atoms with Crippen molar-refractivity contribution in [1.29, 1.82) is 0 Å². The van der Waals surface area contributed by atoms with Crippen molar-refractivity contribution >= 4 is 25.5 Å². The summed E-state index contributed by atoms with van der Waals surface area (Å²) in [5.74, 6) is 0. The summed E-state index contributed by atoms with van der Waals surface area (Å²) in [5.41, 5.74) is 7.78. The van der Waals surface area contributed by atoms with Gasteiger partial charge in [-0.05, 0) is 60.8 Å². The van der Waals surface area contributed by atoms with Gasteiger partial charge in [0.2, 0.25) is 0 Å². The molecule has 2 aliphatic rings. The van der Waals surface area contributed by atoms with Crippen molar-refractivity contribution in [2.75, 3.05) is 40.6 Å². The maximum Gasteiger partial charge on any atom is 0.494 e. The lowest BCUT2D eigenvalue weighted by atomic mass is 9.58. The Balaban J connectivity index is 1.72. The van der Waals surface area contributed by atoms with E-state index in [4.69, 9.17) is 23.4 Å². The molecule has 4 aromatic rings. The molecule has 8 heteroatoms. The molecule has 1 heterocycles. The van der Waals surface area contributed by atoms with Crippen LogP contribution in [0.1, 0.15) is 74.9 Å².